The molecule has 0 bridgehead atoms. The average molecular weight is 188 g/mol. The van der Waals surface area contributed by atoms with E-state index in [2.05, 4.69) is 0 Å². The third kappa shape index (κ3) is 2.47. The molecule has 5 nitrogen and oxygen atoms in total. The van der Waals surface area contributed by atoms with Gasteiger partial charge in [-0.25, -0.2) is 0 Å². The zero-order valence-corrected chi connectivity index (χ0v) is 7.10. The molecule has 0 aliphatic carbocycles. The lowest BCUT2D eigenvalue weighted by Crippen LogP contribution is -2.40. The predicted octanol–water partition coefficient (Wildman–Crippen LogP) is -1.19. The lowest BCUT2D eigenvalue weighted by Gasteiger charge is -2.18. The second-order valence-electron chi connectivity index (χ2n) is 3.56. The molecule has 2 aliphatic heterocycles. The van der Waals surface area contributed by atoms with Gasteiger partial charge in [0.2, 0.25) is 5.79 Å². The number of Topliss-reactive ketones (excluding diaryl/α,β-unsaturated/α-hetero) is 1. The van der Waals surface area contributed by atoms with Crippen LogP contribution in [0.2, 0.25) is 0 Å². The molecule has 0 aromatic heterocycles. The van der Waals surface area contributed by atoms with Crippen molar-refractivity contribution in [3.8, 4) is 0 Å². The molecule has 13 heavy (non-hydrogen) atoms. The minimum atomic E-state index is -2.23. The molecule has 2 fully saturated rings. The Morgan fingerprint density at radius 3 is 2.31 bits per heavy atom. The van der Waals surface area contributed by atoms with Gasteiger partial charge in [-0.1, -0.05) is 0 Å². The van der Waals surface area contributed by atoms with Gasteiger partial charge in [0, 0.05) is 12.8 Å². The van der Waals surface area contributed by atoms with Crippen LogP contribution in [0.25, 0.3) is 0 Å². The smallest absolute Gasteiger partial charge is 0.226 e. The molecular formula is C8H12O5. The van der Waals surface area contributed by atoms with E-state index in [1.165, 1.54) is 0 Å². The van der Waals surface area contributed by atoms with Gasteiger partial charge in [0.25, 0.3) is 0 Å². The summed E-state index contributed by atoms with van der Waals surface area (Å²) in [6, 6.07) is 0. The number of aliphatic hydroxyl groups is 2. The number of ether oxygens (including phenoxy) is 2. The molecule has 0 saturated carbocycles. The highest BCUT2D eigenvalue weighted by molar-refractivity contribution is 5.85. The van der Waals surface area contributed by atoms with Gasteiger partial charge in [0.1, 0.15) is 0 Å². The fraction of sp³-hybridized carbons (Fsp3) is 0.875. The lowest BCUT2D eigenvalue weighted by atomic mass is 10.0. The Balaban J connectivity index is 1.82. The molecule has 5 heteroatoms. The summed E-state index contributed by atoms with van der Waals surface area (Å²) >= 11 is 0. The van der Waals surface area contributed by atoms with Crippen molar-refractivity contribution < 1.29 is 24.5 Å². The third-order valence-electron chi connectivity index (χ3n) is 2.18. The van der Waals surface area contributed by atoms with Gasteiger partial charge in [-0.05, 0) is 0 Å². The van der Waals surface area contributed by atoms with Crippen molar-refractivity contribution in [3.63, 3.8) is 0 Å². The quantitative estimate of drug-likeness (QED) is 0.419. The highest BCUT2D eigenvalue weighted by Crippen LogP contribution is 2.25. The molecule has 0 aromatic rings. The summed E-state index contributed by atoms with van der Waals surface area (Å²) in [4.78, 5) is 11.2. The Hall–Kier alpha value is -0.490. The van der Waals surface area contributed by atoms with Crippen LogP contribution in [-0.2, 0) is 14.3 Å². The van der Waals surface area contributed by atoms with Crippen molar-refractivity contribution in [2.24, 2.45) is 0 Å². The standard InChI is InChI=1S/C8H12O5/c9-7(1-5-3-12-5)8(10,11)2-6-4-13-6/h5-6,10-11H,1-4H2. The van der Waals surface area contributed by atoms with Crippen molar-refractivity contribution >= 4 is 5.78 Å². The first kappa shape index (κ1) is 9.08. The first-order valence-electron chi connectivity index (χ1n) is 4.29. The molecule has 0 spiro atoms. The molecular weight excluding hydrogens is 176 g/mol. The summed E-state index contributed by atoms with van der Waals surface area (Å²) in [5.41, 5.74) is 0. The van der Waals surface area contributed by atoms with E-state index in [0.717, 1.165) is 0 Å². The number of carbonyl (C=O) groups excluding carboxylic acids is 1. The Kier molecular flexibility index (Phi) is 2.11. The van der Waals surface area contributed by atoms with Gasteiger partial charge in [0.05, 0.1) is 25.4 Å². The van der Waals surface area contributed by atoms with Crippen LogP contribution in [0, 0.1) is 0 Å². The molecule has 2 saturated heterocycles. The normalized spacial score (nSPS) is 31.5. The van der Waals surface area contributed by atoms with E-state index < -0.39 is 11.6 Å². The molecule has 2 unspecified atom stereocenters. The van der Waals surface area contributed by atoms with Crippen molar-refractivity contribution in [2.45, 2.75) is 30.8 Å². The Morgan fingerprint density at radius 2 is 1.85 bits per heavy atom. The summed E-state index contributed by atoms with van der Waals surface area (Å²) in [6.07, 6.45) is -0.219. The van der Waals surface area contributed by atoms with Crippen LogP contribution >= 0.6 is 0 Å². The second-order valence-corrected chi connectivity index (χ2v) is 3.56. The monoisotopic (exact) mass is 188 g/mol. The summed E-state index contributed by atoms with van der Waals surface area (Å²) in [7, 11) is 0. The SMILES string of the molecule is O=C(CC1CO1)C(O)(O)CC1CO1. The highest BCUT2D eigenvalue weighted by Gasteiger charge is 2.42. The largest absolute Gasteiger partial charge is 0.373 e. The van der Waals surface area contributed by atoms with Crippen LogP contribution < -0.4 is 0 Å². The molecule has 0 radical (unpaired) electrons. The fourth-order valence-corrected chi connectivity index (χ4v) is 1.17. The average Bonchev–Trinajstić information content (AvgIpc) is 2.81. The lowest BCUT2D eigenvalue weighted by molar-refractivity contribution is -0.186. The molecule has 2 aliphatic rings. The highest BCUT2D eigenvalue weighted by atomic mass is 16.6. The number of epoxide rings is 2. The van der Waals surface area contributed by atoms with Crippen molar-refractivity contribution in [2.75, 3.05) is 13.2 Å². The maximum Gasteiger partial charge on any atom is 0.226 e. The number of hydrogen-bond acceptors (Lipinski definition) is 5. The van der Waals surface area contributed by atoms with Gasteiger partial charge in [-0.2, -0.15) is 0 Å². The van der Waals surface area contributed by atoms with E-state index in [4.69, 9.17) is 9.47 Å². The number of hydrogen-bond donors (Lipinski definition) is 2. The zero-order valence-electron chi connectivity index (χ0n) is 7.10. The van der Waals surface area contributed by atoms with Crippen molar-refractivity contribution in [1.29, 1.82) is 0 Å². The first-order chi connectivity index (χ1) is 6.08. The van der Waals surface area contributed by atoms with Gasteiger partial charge >= 0.3 is 0 Å². The molecule has 74 valence electrons. The number of ketones is 1. The third-order valence-corrected chi connectivity index (χ3v) is 2.18. The predicted molar refractivity (Wildman–Crippen MR) is 40.9 cm³/mol. The van der Waals surface area contributed by atoms with Crippen LogP contribution in [0.3, 0.4) is 0 Å². The van der Waals surface area contributed by atoms with Crippen LogP contribution in [0.5, 0.6) is 0 Å². The zero-order chi connectivity index (χ0) is 9.47. The van der Waals surface area contributed by atoms with E-state index in [1.54, 1.807) is 0 Å². The van der Waals surface area contributed by atoms with Crippen LogP contribution in [0.4, 0.5) is 0 Å². The number of rotatable bonds is 5. The fourth-order valence-electron chi connectivity index (χ4n) is 1.17. The van der Waals surface area contributed by atoms with Gasteiger partial charge in [0.15, 0.2) is 5.78 Å². The Morgan fingerprint density at radius 1 is 1.31 bits per heavy atom. The van der Waals surface area contributed by atoms with Crippen LogP contribution in [0.15, 0.2) is 0 Å². The minimum Gasteiger partial charge on any atom is -0.373 e. The molecule has 2 rings (SSSR count). The molecule has 0 aromatic carbocycles. The molecule has 0 amide bonds. The van der Waals surface area contributed by atoms with Gasteiger partial charge in [-0.3, -0.25) is 4.79 Å². The van der Waals surface area contributed by atoms with Crippen LogP contribution in [-0.4, -0.2) is 47.2 Å². The van der Waals surface area contributed by atoms with Gasteiger partial charge in [-0.15, -0.1) is 0 Å². The summed E-state index contributed by atoms with van der Waals surface area (Å²) in [5.74, 6) is -2.81. The topological polar surface area (TPSA) is 82.6 Å². The first-order valence-corrected chi connectivity index (χ1v) is 4.29. The van der Waals surface area contributed by atoms with E-state index in [0.29, 0.717) is 13.2 Å². The number of carbonyl (C=O) groups is 1. The van der Waals surface area contributed by atoms with E-state index in [1.807, 2.05) is 0 Å². The minimum absolute atomic E-state index is 0.0292. The van der Waals surface area contributed by atoms with E-state index in [9.17, 15) is 15.0 Å². The Bertz CT molecular complexity index is 217. The van der Waals surface area contributed by atoms with Crippen LogP contribution in [0.1, 0.15) is 12.8 Å². The molecule has 2 atom stereocenters. The second kappa shape index (κ2) is 3.02. The maximum absolute atomic E-state index is 11.2. The van der Waals surface area contributed by atoms with Crippen molar-refractivity contribution in [1.82, 2.24) is 0 Å². The molecule has 2 heterocycles. The van der Waals surface area contributed by atoms with Gasteiger partial charge < -0.3 is 19.7 Å². The van der Waals surface area contributed by atoms with E-state index in [-0.39, 0.29) is 25.0 Å². The Labute approximate surface area is 75.3 Å². The summed E-state index contributed by atoms with van der Waals surface area (Å²) in [6.45, 7) is 1.05. The molecule has 2 N–H and O–H groups in total. The summed E-state index contributed by atoms with van der Waals surface area (Å²) < 4.78 is 9.63. The summed E-state index contributed by atoms with van der Waals surface area (Å²) in [5, 5.41) is 18.7. The maximum atomic E-state index is 11.2. The van der Waals surface area contributed by atoms with Crippen molar-refractivity contribution in [3.05, 3.63) is 0 Å². The van der Waals surface area contributed by atoms with E-state index >= 15 is 0 Å².